The molecule has 0 heterocycles. The molecule has 3 heteroatoms. The van der Waals surface area contributed by atoms with Crippen LogP contribution < -0.4 is 0 Å². The van der Waals surface area contributed by atoms with Crippen molar-refractivity contribution in [2.45, 2.75) is 19.6 Å². The molecule has 0 rings (SSSR count). The Hall–Kier alpha value is 0.137. The van der Waals surface area contributed by atoms with Crippen molar-refractivity contribution in [1.29, 1.82) is 0 Å². The lowest BCUT2D eigenvalue weighted by molar-refractivity contribution is 0.505. The summed E-state index contributed by atoms with van der Waals surface area (Å²) in [5.41, 5.74) is 0. The number of nitrogens with zero attached hydrogens (tertiary/aromatic N) is 1. The van der Waals surface area contributed by atoms with E-state index in [9.17, 15) is 0 Å². The maximum Gasteiger partial charge on any atom is 0.179 e. The van der Waals surface area contributed by atoms with Gasteiger partial charge in [0.2, 0.25) is 0 Å². The fourth-order valence-corrected chi connectivity index (χ4v) is 0. The third kappa shape index (κ3) is 16400. The standard InChI is InChI=1S/C3H9N.C3H10OSi/c1-4(2)3;1-5(2,3)4/h1-3H3;4H,1-3H3. The second kappa shape index (κ2) is 4.96. The summed E-state index contributed by atoms with van der Waals surface area (Å²) in [5.74, 6) is 0. The summed E-state index contributed by atoms with van der Waals surface area (Å²) in [6, 6.07) is 0. The Balaban J connectivity index is 0. The molecule has 0 saturated carbocycles. The van der Waals surface area contributed by atoms with Gasteiger partial charge in [0.05, 0.1) is 0 Å². The molecule has 0 aromatic carbocycles. The average Bonchev–Trinajstić information content (AvgIpc) is 1.19. The summed E-state index contributed by atoms with van der Waals surface area (Å²) in [7, 11) is 4.39. The molecule has 0 aliphatic heterocycles. The highest BCUT2D eigenvalue weighted by molar-refractivity contribution is 6.68. The third-order valence-electron chi connectivity index (χ3n) is 0. The van der Waals surface area contributed by atoms with Gasteiger partial charge in [-0.05, 0) is 40.8 Å². The smallest absolute Gasteiger partial charge is 0.179 e. The van der Waals surface area contributed by atoms with Gasteiger partial charge in [-0.2, -0.15) is 0 Å². The molecule has 0 aliphatic rings. The van der Waals surface area contributed by atoms with E-state index >= 15 is 0 Å². The Morgan fingerprint density at radius 3 is 1.00 bits per heavy atom. The van der Waals surface area contributed by atoms with Crippen LogP contribution in [-0.4, -0.2) is 39.2 Å². The van der Waals surface area contributed by atoms with Gasteiger partial charge < -0.3 is 9.70 Å². The summed E-state index contributed by atoms with van der Waals surface area (Å²) < 4.78 is 0. The molecule has 0 aliphatic carbocycles. The Kier molecular flexibility index (Phi) is 6.55. The Morgan fingerprint density at radius 2 is 1.00 bits per heavy atom. The van der Waals surface area contributed by atoms with E-state index in [1.54, 1.807) is 0 Å². The van der Waals surface area contributed by atoms with Crippen molar-refractivity contribution in [1.82, 2.24) is 4.90 Å². The molecule has 1 N–H and O–H groups in total. The van der Waals surface area contributed by atoms with Crippen LogP contribution in [0, 0.1) is 0 Å². The molecule has 2 nitrogen and oxygen atoms in total. The molecule has 0 spiro atoms. The van der Waals surface area contributed by atoms with Crippen LogP contribution in [-0.2, 0) is 0 Å². The summed E-state index contributed by atoms with van der Waals surface area (Å²) >= 11 is 0. The van der Waals surface area contributed by atoms with Crippen molar-refractivity contribution in [2.24, 2.45) is 0 Å². The van der Waals surface area contributed by atoms with Gasteiger partial charge in [0.1, 0.15) is 0 Å². The first kappa shape index (κ1) is 11.9. The minimum Gasteiger partial charge on any atom is -0.433 e. The summed E-state index contributed by atoms with van der Waals surface area (Å²) in [6.07, 6.45) is 0. The molecule has 0 bridgehead atoms. The fourth-order valence-electron chi connectivity index (χ4n) is 0. The van der Waals surface area contributed by atoms with Crippen molar-refractivity contribution >= 4 is 8.32 Å². The van der Waals surface area contributed by atoms with Gasteiger partial charge in [0, 0.05) is 0 Å². The predicted molar refractivity (Wildman–Crippen MR) is 45.2 cm³/mol. The van der Waals surface area contributed by atoms with Gasteiger partial charge >= 0.3 is 0 Å². The predicted octanol–water partition coefficient (Wildman–Crippen LogP) is 0.991. The van der Waals surface area contributed by atoms with E-state index in [0.29, 0.717) is 0 Å². The van der Waals surface area contributed by atoms with Crippen molar-refractivity contribution < 1.29 is 4.80 Å². The van der Waals surface area contributed by atoms with Gasteiger partial charge in [0.25, 0.3) is 0 Å². The van der Waals surface area contributed by atoms with E-state index < -0.39 is 8.32 Å². The highest BCUT2D eigenvalue weighted by atomic mass is 28.4. The quantitative estimate of drug-likeness (QED) is 0.519. The van der Waals surface area contributed by atoms with Gasteiger partial charge in [-0.15, -0.1) is 0 Å². The first-order valence-electron chi connectivity index (χ1n) is 3.07. The zero-order valence-corrected chi connectivity index (χ0v) is 8.39. The normalized spacial score (nSPS) is 10.7. The topological polar surface area (TPSA) is 23.5 Å². The number of hydrogen-bond donors (Lipinski definition) is 1. The molecule has 0 unspecified atom stereocenters. The fraction of sp³-hybridized carbons (Fsp3) is 1.00. The van der Waals surface area contributed by atoms with Crippen molar-refractivity contribution in [3.05, 3.63) is 0 Å². The van der Waals surface area contributed by atoms with E-state index in [1.165, 1.54) is 0 Å². The van der Waals surface area contributed by atoms with E-state index in [0.717, 1.165) is 0 Å². The lowest BCUT2D eigenvalue weighted by atomic mass is 11.0. The highest BCUT2D eigenvalue weighted by Gasteiger charge is 2.03. The van der Waals surface area contributed by atoms with E-state index in [1.807, 2.05) is 45.7 Å². The zero-order chi connectivity index (χ0) is 8.08. The van der Waals surface area contributed by atoms with E-state index in [-0.39, 0.29) is 0 Å². The maximum absolute atomic E-state index is 8.66. The molecule has 0 radical (unpaired) electrons. The Labute approximate surface area is 59.6 Å². The Bertz CT molecular complexity index is 49.8. The second-order valence-electron chi connectivity index (χ2n) is 3.51. The molecule has 0 aromatic heterocycles. The Morgan fingerprint density at radius 1 is 1.00 bits per heavy atom. The van der Waals surface area contributed by atoms with Crippen LogP contribution in [0.5, 0.6) is 0 Å². The molecule has 0 amide bonds. The van der Waals surface area contributed by atoms with Crippen LogP contribution in [0.15, 0.2) is 0 Å². The molecule has 0 aromatic rings. The van der Waals surface area contributed by atoms with Crippen LogP contribution in [0.3, 0.4) is 0 Å². The van der Waals surface area contributed by atoms with Gasteiger partial charge in [-0.25, -0.2) is 0 Å². The first-order chi connectivity index (χ1) is 3.73. The molecule has 58 valence electrons. The molecular formula is C6H19NOSi. The maximum atomic E-state index is 8.66. The zero-order valence-electron chi connectivity index (χ0n) is 7.39. The minimum absolute atomic E-state index is 1.61. The van der Waals surface area contributed by atoms with Crippen LogP contribution in [0.2, 0.25) is 19.6 Å². The van der Waals surface area contributed by atoms with Crippen LogP contribution in [0.4, 0.5) is 0 Å². The summed E-state index contributed by atoms with van der Waals surface area (Å²) in [5, 5.41) is 0. The van der Waals surface area contributed by atoms with E-state index in [2.05, 4.69) is 0 Å². The third-order valence-corrected chi connectivity index (χ3v) is 0. The average molecular weight is 149 g/mol. The molecule has 0 fully saturated rings. The largest absolute Gasteiger partial charge is 0.433 e. The summed E-state index contributed by atoms with van der Waals surface area (Å²) in [6.45, 7) is 5.65. The van der Waals surface area contributed by atoms with Crippen LogP contribution in [0.1, 0.15) is 0 Å². The summed E-state index contributed by atoms with van der Waals surface area (Å²) in [4.78, 5) is 10.7. The SMILES string of the molecule is CN(C)C.C[Si](C)(C)O. The van der Waals surface area contributed by atoms with Gasteiger partial charge in [-0.3, -0.25) is 0 Å². The van der Waals surface area contributed by atoms with Crippen LogP contribution in [0.25, 0.3) is 0 Å². The number of rotatable bonds is 0. The minimum atomic E-state index is -1.61. The first-order valence-corrected chi connectivity index (χ1v) is 6.51. The van der Waals surface area contributed by atoms with Gasteiger partial charge in [0.15, 0.2) is 8.32 Å². The lowest BCUT2D eigenvalue weighted by Gasteiger charge is -2.00. The van der Waals surface area contributed by atoms with Crippen molar-refractivity contribution in [3.8, 4) is 0 Å². The van der Waals surface area contributed by atoms with Crippen molar-refractivity contribution in [3.63, 3.8) is 0 Å². The van der Waals surface area contributed by atoms with Crippen LogP contribution >= 0.6 is 0 Å². The molecule has 0 atom stereocenters. The van der Waals surface area contributed by atoms with Crippen molar-refractivity contribution in [2.75, 3.05) is 21.1 Å². The molecular weight excluding hydrogens is 130 g/mol. The number of hydrogen-bond acceptors (Lipinski definition) is 2. The molecule has 9 heavy (non-hydrogen) atoms. The lowest BCUT2D eigenvalue weighted by Crippen LogP contribution is -2.17. The monoisotopic (exact) mass is 149 g/mol. The molecule has 0 saturated heterocycles. The van der Waals surface area contributed by atoms with Gasteiger partial charge in [-0.1, -0.05) is 0 Å². The highest BCUT2D eigenvalue weighted by Crippen LogP contribution is 1.88. The van der Waals surface area contributed by atoms with E-state index in [4.69, 9.17) is 4.80 Å². The second-order valence-corrected chi connectivity index (χ2v) is 7.85.